The lowest BCUT2D eigenvalue weighted by Crippen LogP contribution is -2.53. The largest absolute Gasteiger partial charge is 0.416 e. The van der Waals surface area contributed by atoms with Gasteiger partial charge in [-0.1, -0.05) is 43.5 Å². The molecule has 0 aromatic heterocycles. The topological polar surface area (TPSA) is 86.8 Å². The van der Waals surface area contributed by atoms with Gasteiger partial charge in [-0.2, -0.15) is 13.2 Å². The number of alkyl halides is 3. The summed E-state index contributed by atoms with van der Waals surface area (Å²) in [5.41, 5.74) is -1.34. The minimum atomic E-state index is -4.73. The number of rotatable bonds is 9. The second kappa shape index (κ2) is 12.1. The Labute approximate surface area is 219 Å². The van der Waals surface area contributed by atoms with Crippen molar-refractivity contribution in [3.8, 4) is 0 Å². The third kappa shape index (κ3) is 7.68. The Balaban J connectivity index is 1.92. The molecule has 1 atom stereocenters. The molecule has 1 saturated carbocycles. The highest BCUT2D eigenvalue weighted by molar-refractivity contribution is 7.92. The molecule has 7 nitrogen and oxygen atoms in total. The molecule has 12 heteroatoms. The number of anilines is 1. The van der Waals surface area contributed by atoms with Gasteiger partial charge in [0, 0.05) is 18.2 Å². The lowest BCUT2D eigenvalue weighted by Gasteiger charge is -2.33. The number of halogens is 4. The summed E-state index contributed by atoms with van der Waals surface area (Å²) in [4.78, 5) is 27.6. The fourth-order valence-electron chi connectivity index (χ4n) is 4.41. The smallest absolute Gasteiger partial charge is 0.352 e. The molecule has 0 radical (unpaired) electrons. The number of carbonyl (C=O) groups is 2. The van der Waals surface area contributed by atoms with E-state index in [1.807, 2.05) is 0 Å². The molecule has 0 saturated heterocycles. The maximum absolute atomic E-state index is 14.5. The second-order valence-corrected chi connectivity index (χ2v) is 11.4. The standard InChI is InChI=1S/C26H31F4N3O4S/c1-18(25(35)31-21-11-4-3-5-12-21)32(16-19-9-6-7-14-23(19)27)24(34)17-33(38(2,36)37)22-13-8-10-20(15-22)26(28,29)30/h6-10,13-15,18,21H,3-5,11-12,16-17H2,1-2H3,(H,31,35). The van der Waals surface area contributed by atoms with E-state index >= 15 is 0 Å². The van der Waals surface area contributed by atoms with Gasteiger partial charge in [-0.25, -0.2) is 12.8 Å². The van der Waals surface area contributed by atoms with Crippen LogP contribution in [0.1, 0.15) is 50.2 Å². The molecule has 0 bridgehead atoms. The van der Waals surface area contributed by atoms with E-state index < -0.39 is 52.0 Å². The van der Waals surface area contributed by atoms with Gasteiger partial charge >= 0.3 is 6.18 Å². The molecule has 0 aliphatic heterocycles. The van der Waals surface area contributed by atoms with Gasteiger partial charge in [0.25, 0.3) is 0 Å². The minimum absolute atomic E-state index is 0.0678. The molecule has 2 amide bonds. The van der Waals surface area contributed by atoms with E-state index in [0.29, 0.717) is 10.4 Å². The number of sulfonamides is 1. The summed E-state index contributed by atoms with van der Waals surface area (Å²) in [5, 5.41) is 2.91. The van der Waals surface area contributed by atoms with Crippen molar-refractivity contribution in [2.45, 2.75) is 63.8 Å². The Bertz CT molecular complexity index is 1250. The number of nitrogens with zero attached hydrogens (tertiary/aromatic N) is 2. The fourth-order valence-corrected chi connectivity index (χ4v) is 5.25. The van der Waals surface area contributed by atoms with Crippen LogP contribution >= 0.6 is 0 Å². The van der Waals surface area contributed by atoms with Crippen LogP contribution in [-0.4, -0.2) is 50.0 Å². The third-order valence-corrected chi connectivity index (χ3v) is 7.70. The monoisotopic (exact) mass is 557 g/mol. The molecule has 1 aliphatic carbocycles. The van der Waals surface area contributed by atoms with Crippen molar-refractivity contribution in [2.24, 2.45) is 0 Å². The van der Waals surface area contributed by atoms with Crippen LogP contribution in [-0.2, 0) is 32.3 Å². The molecule has 208 valence electrons. The zero-order chi connectivity index (χ0) is 28.1. The van der Waals surface area contributed by atoms with Crippen LogP contribution in [0.15, 0.2) is 48.5 Å². The van der Waals surface area contributed by atoms with Crippen LogP contribution in [0.2, 0.25) is 0 Å². The summed E-state index contributed by atoms with van der Waals surface area (Å²) in [7, 11) is -4.21. The van der Waals surface area contributed by atoms with Crippen LogP contribution < -0.4 is 9.62 Å². The zero-order valence-electron chi connectivity index (χ0n) is 21.2. The van der Waals surface area contributed by atoms with Gasteiger partial charge in [-0.05, 0) is 44.0 Å². The normalized spacial score (nSPS) is 15.5. The predicted molar refractivity (Wildman–Crippen MR) is 135 cm³/mol. The lowest BCUT2D eigenvalue weighted by atomic mass is 9.95. The Morgan fingerprint density at radius 2 is 1.71 bits per heavy atom. The molecule has 0 heterocycles. The minimum Gasteiger partial charge on any atom is -0.352 e. The summed E-state index contributed by atoms with van der Waals surface area (Å²) in [6.07, 6.45) is 0.590. The highest BCUT2D eigenvalue weighted by Crippen LogP contribution is 2.32. The quantitative estimate of drug-likeness (QED) is 0.461. The average Bonchev–Trinajstić information content (AvgIpc) is 2.85. The number of benzene rings is 2. The van der Waals surface area contributed by atoms with E-state index in [9.17, 15) is 35.6 Å². The first kappa shape index (κ1) is 29.4. The summed E-state index contributed by atoms with van der Waals surface area (Å²) >= 11 is 0. The van der Waals surface area contributed by atoms with Crippen LogP contribution in [0.4, 0.5) is 23.2 Å². The number of nitrogens with one attached hydrogen (secondary N) is 1. The third-order valence-electron chi connectivity index (χ3n) is 6.56. The van der Waals surface area contributed by atoms with Crippen molar-refractivity contribution in [3.63, 3.8) is 0 Å². The first-order valence-electron chi connectivity index (χ1n) is 12.3. The van der Waals surface area contributed by atoms with Gasteiger partial charge in [-0.3, -0.25) is 13.9 Å². The first-order valence-corrected chi connectivity index (χ1v) is 14.1. The van der Waals surface area contributed by atoms with Gasteiger partial charge in [0.1, 0.15) is 18.4 Å². The van der Waals surface area contributed by atoms with Crippen molar-refractivity contribution in [2.75, 3.05) is 17.1 Å². The highest BCUT2D eigenvalue weighted by atomic mass is 32.2. The molecule has 0 spiro atoms. The Morgan fingerprint density at radius 1 is 1.05 bits per heavy atom. The molecule has 38 heavy (non-hydrogen) atoms. The van der Waals surface area contributed by atoms with Crippen LogP contribution in [0.5, 0.6) is 0 Å². The van der Waals surface area contributed by atoms with E-state index in [-0.39, 0.29) is 23.8 Å². The molecular formula is C26H31F4N3O4S. The van der Waals surface area contributed by atoms with Gasteiger partial charge in [0.05, 0.1) is 17.5 Å². The number of amides is 2. The van der Waals surface area contributed by atoms with E-state index in [1.165, 1.54) is 25.1 Å². The van der Waals surface area contributed by atoms with Gasteiger partial charge < -0.3 is 10.2 Å². The summed E-state index contributed by atoms with van der Waals surface area (Å²) in [5.74, 6) is -1.98. The molecule has 1 aliphatic rings. The molecule has 2 aromatic rings. The molecule has 1 N–H and O–H groups in total. The van der Waals surface area contributed by atoms with E-state index in [0.717, 1.165) is 61.5 Å². The van der Waals surface area contributed by atoms with E-state index in [4.69, 9.17) is 0 Å². The second-order valence-electron chi connectivity index (χ2n) is 9.45. The Hall–Kier alpha value is -3.15. The van der Waals surface area contributed by atoms with Crippen LogP contribution in [0.3, 0.4) is 0 Å². The summed E-state index contributed by atoms with van der Waals surface area (Å²) in [6, 6.07) is 8.07. The molecule has 1 unspecified atom stereocenters. The Morgan fingerprint density at radius 3 is 2.32 bits per heavy atom. The van der Waals surface area contributed by atoms with Crippen molar-refractivity contribution < 1.29 is 35.6 Å². The molecule has 3 rings (SSSR count). The van der Waals surface area contributed by atoms with Gasteiger partial charge in [0.15, 0.2) is 0 Å². The summed E-state index contributed by atoms with van der Waals surface area (Å²) < 4.78 is 79.9. The number of hydrogen-bond donors (Lipinski definition) is 1. The zero-order valence-corrected chi connectivity index (χ0v) is 22.0. The Kier molecular flexibility index (Phi) is 9.40. The lowest BCUT2D eigenvalue weighted by molar-refractivity contribution is -0.139. The van der Waals surface area contributed by atoms with Crippen LogP contribution in [0, 0.1) is 5.82 Å². The molecular weight excluding hydrogens is 526 g/mol. The average molecular weight is 558 g/mol. The van der Waals surface area contributed by atoms with Crippen molar-refractivity contribution in [1.29, 1.82) is 0 Å². The molecule has 1 fully saturated rings. The number of carbonyl (C=O) groups excluding carboxylic acids is 2. The molecule has 2 aromatic carbocycles. The maximum Gasteiger partial charge on any atom is 0.416 e. The first-order chi connectivity index (χ1) is 17.8. The van der Waals surface area contributed by atoms with Gasteiger partial charge in [0.2, 0.25) is 21.8 Å². The van der Waals surface area contributed by atoms with Crippen molar-refractivity contribution in [1.82, 2.24) is 10.2 Å². The SMILES string of the molecule is CC(C(=O)NC1CCCCC1)N(Cc1ccccc1F)C(=O)CN(c1cccc(C(F)(F)F)c1)S(C)(=O)=O. The van der Waals surface area contributed by atoms with E-state index in [2.05, 4.69) is 5.32 Å². The highest BCUT2D eigenvalue weighted by Gasteiger charge is 2.34. The van der Waals surface area contributed by atoms with Crippen molar-refractivity contribution in [3.05, 3.63) is 65.5 Å². The van der Waals surface area contributed by atoms with Crippen LogP contribution in [0.25, 0.3) is 0 Å². The maximum atomic E-state index is 14.5. The predicted octanol–water partition coefficient (Wildman–Crippen LogP) is 4.48. The fraction of sp³-hybridized carbons (Fsp3) is 0.462. The number of hydrogen-bond acceptors (Lipinski definition) is 4. The summed E-state index contributed by atoms with van der Waals surface area (Å²) in [6.45, 7) is 0.229. The van der Waals surface area contributed by atoms with Crippen molar-refractivity contribution >= 4 is 27.5 Å². The van der Waals surface area contributed by atoms with Gasteiger partial charge in [-0.15, -0.1) is 0 Å². The van der Waals surface area contributed by atoms with E-state index in [1.54, 1.807) is 6.07 Å².